The molecule has 0 heterocycles. The molecule has 0 nitrogen and oxygen atoms in total. The van der Waals surface area contributed by atoms with Crippen molar-refractivity contribution in [2.75, 3.05) is 0 Å². The number of fused-ring (bicyclic) bond motifs is 1. The molecule has 0 radical (unpaired) electrons. The highest BCUT2D eigenvalue weighted by Crippen LogP contribution is 2.25. The molecule has 0 saturated heterocycles. The van der Waals surface area contributed by atoms with E-state index in [1.54, 1.807) is 0 Å². The fourth-order valence-electron chi connectivity index (χ4n) is 4.44. The van der Waals surface area contributed by atoms with Crippen LogP contribution in [-0.2, 0) is 0 Å². The Bertz CT molecular complexity index is 2110. The standard InChI is InChI=1S/C42H24/c1-5-13-33(14-6-1)21-22-37-29-40(28-25-36-19-11-4-12-20-36)42-32-39(27-24-35-17-9-3-10-18-35)38(31-41(42)30-37)26-23-34-15-7-2-8-16-34/h1-20,29-32H. The summed E-state index contributed by atoms with van der Waals surface area (Å²) >= 11 is 0. The van der Waals surface area contributed by atoms with Crippen LogP contribution in [0, 0.1) is 47.4 Å². The Kier molecular flexibility index (Phi) is 7.93. The van der Waals surface area contributed by atoms with Crippen molar-refractivity contribution in [1.29, 1.82) is 0 Å². The fraction of sp³-hybridized carbons (Fsp3) is 0. The molecule has 0 spiro atoms. The lowest BCUT2D eigenvalue weighted by atomic mass is 9.95. The zero-order chi connectivity index (χ0) is 28.4. The van der Waals surface area contributed by atoms with Gasteiger partial charge in [0, 0.05) is 44.5 Å². The van der Waals surface area contributed by atoms with Gasteiger partial charge in [0.05, 0.1) is 0 Å². The summed E-state index contributed by atoms with van der Waals surface area (Å²) in [4.78, 5) is 0. The van der Waals surface area contributed by atoms with Crippen LogP contribution < -0.4 is 0 Å². The zero-order valence-corrected chi connectivity index (χ0v) is 22.9. The van der Waals surface area contributed by atoms with E-state index in [9.17, 15) is 0 Å². The van der Waals surface area contributed by atoms with Crippen LogP contribution in [0.15, 0.2) is 146 Å². The van der Waals surface area contributed by atoms with Gasteiger partial charge >= 0.3 is 0 Å². The Morgan fingerprint density at radius 1 is 0.262 bits per heavy atom. The molecule has 6 rings (SSSR count). The van der Waals surface area contributed by atoms with E-state index in [1.165, 1.54) is 0 Å². The predicted octanol–water partition coefficient (Wildman–Crippen LogP) is 8.44. The van der Waals surface area contributed by atoms with Crippen molar-refractivity contribution in [2.24, 2.45) is 0 Å². The van der Waals surface area contributed by atoms with E-state index in [4.69, 9.17) is 0 Å². The number of benzene rings is 6. The Labute approximate surface area is 247 Å². The normalized spacial score (nSPS) is 9.62. The molecule has 0 aliphatic heterocycles. The van der Waals surface area contributed by atoms with Crippen molar-refractivity contribution in [3.05, 3.63) is 190 Å². The maximum absolute atomic E-state index is 3.42. The highest BCUT2D eigenvalue weighted by atomic mass is 14.1. The third kappa shape index (κ3) is 6.69. The molecule has 192 valence electrons. The molecule has 0 N–H and O–H groups in total. The molecule has 6 aromatic rings. The third-order valence-electron chi connectivity index (χ3n) is 6.56. The van der Waals surface area contributed by atoms with E-state index in [1.807, 2.05) is 121 Å². The molecule has 0 heteroatoms. The number of rotatable bonds is 0. The molecular weight excluding hydrogens is 504 g/mol. The summed E-state index contributed by atoms with van der Waals surface area (Å²) in [6.45, 7) is 0. The van der Waals surface area contributed by atoms with Crippen LogP contribution in [0.3, 0.4) is 0 Å². The van der Waals surface area contributed by atoms with Gasteiger partial charge < -0.3 is 0 Å². The van der Waals surface area contributed by atoms with Crippen molar-refractivity contribution in [3.8, 4) is 47.4 Å². The van der Waals surface area contributed by atoms with Crippen molar-refractivity contribution >= 4 is 10.8 Å². The second kappa shape index (κ2) is 12.8. The Morgan fingerprint density at radius 3 is 1.07 bits per heavy atom. The molecule has 6 aromatic carbocycles. The van der Waals surface area contributed by atoms with Gasteiger partial charge in [-0.3, -0.25) is 0 Å². The van der Waals surface area contributed by atoms with Crippen molar-refractivity contribution in [2.45, 2.75) is 0 Å². The number of hydrogen-bond acceptors (Lipinski definition) is 0. The van der Waals surface area contributed by atoms with Gasteiger partial charge in [0.1, 0.15) is 0 Å². The van der Waals surface area contributed by atoms with E-state index >= 15 is 0 Å². The molecule has 0 amide bonds. The highest BCUT2D eigenvalue weighted by molar-refractivity contribution is 5.92. The molecule has 0 aliphatic carbocycles. The first-order valence-electron chi connectivity index (χ1n) is 13.7. The van der Waals surface area contributed by atoms with Crippen molar-refractivity contribution in [1.82, 2.24) is 0 Å². The Morgan fingerprint density at radius 2 is 0.619 bits per heavy atom. The largest absolute Gasteiger partial charge is 0.0622 e. The van der Waals surface area contributed by atoms with Crippen LogP contribution in [0.5, 0.6) is 0 Å². The SMILES string of the molecule is C(#Cc1cc(C#Cc2ccccc2)c2cc(C#Cc3ccccc3)c(C#Cc3ccccc3)cc2c1)c1ccccc1. The number of hydrogen-bond donors (Lipinski definition) is 0. The molecule has 0 saturated carbocycles. The minimum absolute atomic E-state index is 0.862. The minimum atomic E-state index is 0.862. The van der Waals surface area contributed by atoms with Crippen LogP contribution >= 0.6 is 0 Å². The zero-order valence-electron chi connectivity index (χ0n) is 22.9. The lowest BCUT2D eigenvalue weighted by Gasteiger charge is -2.07. The van der Waals surface area contributed by atoms with Crippen molar-refractivity contribution in [3.63, 3.8) is 0 Å². The molecule has 42 heavy (non-hydrogen) atoms. The lowest BCUT2D eigenvalue weighted by Crippen LogP contribution is -1.91. The first-order chi connectivity index (χ1) is 20.8. The molecule has 0 unspecified atom stereocenters. The van der Waals surface area contributed by atoms with Gasteiger partial charge in [-0.05, 0) is 83.6 Å². The van der Waals surface area contributed by atoms with Gasteiger partial charge in [0.2, 0.25) is 0 Å². The maximum atomic E-state index is 3.42. The molecule has 0 fully saturated rings. The fourth-order valence-corrected chi connectivity index (χ4v) is 4.44. The Balaban J connectivity index is 1.54. The van der Waals surface area contributed by atoms with E-state index in [0.29, 0.717) is 0 Å². The quantitative estimate of drug-likeness (QED) is 0.174. The van der Waals surface area contributed by atoms with E-state index in [2.05, 4.69) is 71.6 Å². The Hall–Kier alpha value is -6.18. The van der Waals surface area contributed by atoms with E-state index in [0.717, 1.165) is 55.3 Å². The molecular formula is C42H24. The van der Waals surface area contributed by atoms with Gasteiger partial charge in [-0.15, -0.1) is 0 Å². The second-order valence-electron chi connectivity index (χ2n) is 9.61. The highest BCUT2D eigenvalue weighted by Gasteiger charge is 2.08. The van der Waals surface area contributed by atoms with Gasteiger partial charge in [0.15, 0.2) is 0 Å². The van der Waals surface area contributed by atoms with E-state index < -0.39 is 0 Å². The van der Waals surface area contributed by atoms with Crippen molar-refractivity contribution < 1.29 is 0 Å². The first-order valence-corrected chi connectivity index (χ1v) is 13.7. The summed E-state index contributed by atoms with van der Waals surface area (Å²) in [5.74, 6) is 26.8. The molecule has 0 atom stereocenters. The summed E-state index contributed by atoms with van der Waals surface area (Å²) in [6, 6.07) is 48.5. The van der Waals surface area contributed by atoms with Gasteiger partial charge in [0.25, 0.3) is 0 Å². The summed E-state index contributed by atoms with van der Waals surface area (Å²) in [5.41, 5.74) is 7.36. The molecule has 0 bridgehead atoms. The summed E-state index contributed by atoms with van der Waals surface area (Å²) in [7, 11) is 0. The summed E-state index contributed by atoms with van der Waals surface area (Å²) in [6.07, 6.45) is 0. The molecule has 0 aliphatic rings. The third-order valence-corrected chi connectivity index (χ3v) is 6.56. The molecule has 0 aromatic heterocycles. The summed E-state index contributed by atoms with van der Waals surface area (Å²) < 4.78 is 0. The maximum Gasteiger partial charge on any atom is 0.0412 e. The van der Waals surface area contributed by atoms with Crippen LogP contribution in [0.2, 0.25) is 0 Å². The van der Waals surface area contributed by atoms with Gasteiger partial charge in [-0.25, -0.2) is 0 Å². The second-order valence-corrected chi connectivity index (χ2v) is 9.61. The smallest absolute Gasteiger partial charge is 0.0412 e. The average molecular weight is 529 g/mol. The minimum Gasteiger partial charge on any atom is -0.0622 e. The van der Waals surface area contributed by atoms with E-state index in [-0.39, 0.29) is 0 Å². The first kappa shape index (κ1) is 26.1. The topological polar surface area (TPSA) is 0 Å². The van der Waals surface area contributed by atoms with Crippen LogP contribution in [0.4, 0.5) is 0 Å². The van der Waals surface area contributed by atoms with Gasteiger partial charge in [-0.1, -0.05) is 120 Å². The van der Waals surface area contributed by atoms with Crippen LogP contribution in [0.25, 0.3) is 10.8 Å². The van der Waals surface area contributed by atoms with Crippen LogP contribution in [0.1, 0.15) is 44.5 Å². The average Bonchev–Trinajstić information content (AvgIpc) is 3.06. The monoisotopic (exact) mass is 528 g/mol. The van der Waals surface area contributed by atoms with Crippen LogP contribution in [-0.4, -0.2) is 0 Å². The summed E-state index contributed by atoms with van der Waals surface area (Å²) in [5, 5.41) is 2.04. The van der Waals surface area contributed by atoms with Gasteiger partial charge in [-0.2, -0.15) is 0 Å². The predicted molar refractivity (Wildman–Crippen MR) is 174 cm³/mol. The lowest BCUT2D eigenvalue weighted by molar-refractivity contribution is 1.58.